The van der Waals surface area contributed by atoms with Crippen LogP contribution in [0.2, 0.25) is 5.02 Å². The van der Waals surface area contributed by atoms with Crippen molar-refractivity contribution in [1.82, 2.24) is 9.55 Å². The summed E-state index contributed by atoms with van der Waals surface area (Å²) in [4.78, 5) is 21.0. The molecule has 0 radical (unpaired) electrons. The summed E-state index contributed by atoms with van der Waals surface area (Å²) in [5.41, 5.74) is 2.05. The maximum absolute atomic E-state index is 12.6. The van der Waals surface area contributed by atoms with Crippen LogP contribution in [0.25, 0.3) is 0 Å². The molecule has 1 atom stereocenters. The third-order valence-corrected chi connectivity index (χ3v) is 6.54. The first-order chi connectivity index (χ1) is 13.4. The number of rotatable bonds is 2. The molecule has 0 bridgehead atoms. The van der Waals surface area contributed by atoms with E-state index in [-0.39, 0.29) is 21.5 Å². The molecule has 142 valence electrons. The van der Waals surface area contributed by atoms with E-state index in [1.54, 1.807) is 18.8 Å². The summed E-state index contributed by atoms with van der Waals surface area (Å²) in [5.74, 6) is -0.188. The molecule has 1 aliphatic heterocycles. The van der Waals surface area contributed by atoms with E-state index < -0.39 is 5.56 Å². The summed E-state index contributed by atoms with van der Waals surface area (Å²) in [6, 6.07) is 15.4. The number of hydrogen-bond acceptors (Lipinski definition) is 5. The van der Waals surface area contributed by atoms with Gasteiger partial charge in [-0.15, -0.1) is 11.8 Å². The van der Waals surface area contributed by atoms with E-state index in [9.17, 15) is 9.90 Å². The van der Waals surface area contributed by atoms with Crippen molar-refractivity contribution in [3.63, 3.8) is 0 Å². The Hall–Kier alpha value is -2.35. The highest BCUT2D eigenvalue weighted by atomic mass is 35.5. The molecule has 0 aliphatic carbocycles. The molecular weight excluding hydrogens is 414 g/mol. The lowest BCUT2D eigenvalue weighted by Gasteiger charge is -2.17. The Labute approximate surface area is 175 Å². The molecule has 0 saturated carbocycles. The fourth-order valence-corrected chi connectivity index (χ4v) is 4.64. The monoisotopic (exact) mass is 429 g/mol. The minimum atomic E-state index is -0.446. The quantitative estimate of drug-likeness (QED) is 0.552. The molecule has 1 aliphatic rings. The highest BCUT2D eigenvalue weighted by Crippen LogP contribution is 2.45. The van der Waals surface area contributed by atoms with Crippen molar-refractivity contribution in [3.05, 3.63) is 79.8 Å². The number of benzene rings is 2. The molecule has 0 unspecified atom stereocenters. The highest BCUT2D eigenvalue weighted by molar-refractivity contribution is 7.99. The van der Waals surface area contributed by atoms with E-state index in [0.717, 1.165) is 16.1 Å². The van der Waals surface area contributed by atoms with Gasteiger partial charge in [0.05, 0.1) is 11.4 Å². The minimum Gasteiger partial charge on any atom is -0.494 e. The fourth-order valence-electron chi connectivity index (χ4n) is 3.10. The van der Waals surface area contributed by atoms with Crippen LogP contribution in [-0.2, 0) is 7.05 Å². The molecule has 3 aromatic rings. The Kier molecular flexibility index (Phi) is 5.14. The average molecular weight is 430 g/mol. The zero-order valence-corrected chi connectivity index (χ0v) is 17.2. The van der Waals surface area contributed by atoms with E-state index in [1.165, 1.54) is 4.57 Å². The van der Waals surface area contributed by atoms with Gasteiger partial charge in [-0.2, -0.15) is 0 Å². The SMILES string of the molecule is Cn1c(O)c(C2=Nc3ccccc3S[C@H](c3ccc(Cl)cc3)C2)c(=O)[nH]c1=S. The highest BCUT2D eigenvalue weighted by Gasteiger charge is 2.26. The number of halogens is 1. The predicted octanol–water partition coefficient (Wildman–Crippen LogP) is 5.16. The van der Waals surface area contributed by atoms with Gasteiger partial charge in [0.2, 0.25) is 5.88 Å². The van der Waals surface area contributed by atoms with E-state index >= 15 is 0 Å². The van der Waals surface area contributed by atoms with Crippen LogP contribution in [0.5, 0.6) is 5.88 Å². The van der Waals surface area contributed by atoms with Crippen molar-refractivity contribution in [3.8, 4) is 5.88 Å². The number of fused-ring (bicyclic) bond motifs is 1. The van der Waals surface area contributed by atoms with Gasteiger partial charge in [0.15, 0.2) is 4.77 Å². The maximum Gasteiger partial charge on any atom is 0.264 e. The van der Waals surface area contributed by atoms with Crippen molar-refractivity contribution >= 4 is 47.0 Å². The number of hydrogen-bond donors (Lipinski definition) is 2. The van der Waals surface area contributed by atoms with Gasteiger partial charge in [0.1, 0.15) is 5.56 Å². The lowest BCUT2D eigenvalue weighted by atomic mass is 10.0. The molecular formula is C20H16ClN3O2S2. The van der Waals surface area contributed by atoms with Crippen LogP contribution in [-0.4, -0.2) is 20.4 Å². The first-order valence-corrected chi connectivity index (χ1v) is 10.2. The van der Waals surface area contributed by atoms with Crippen LogP contribution in [0.1, 0.15) is 22.8 Å². The van der Waals surface area contributed by atoms with E-state index in [4.69, 9.17) is 28.8 Å². The summed E-state index contributed by atoms with van der Waals surface area (Å²) < 4.78 is 1.53. The molecule has 5 nitrogen and oxygen atoms in total. The van der Waals surface area contributed by atoms with Crippen molar-refractivity contribution in [2.24, 2.45) is 12.0 Å². The second kappa shape index (κ2) is 7.58. The number of nitrogens with one attached hydrogen (secondary N) is 1. The lowest BCUT2D eigenvalue weighted by Crippen LogP contribution is -2.23. The average Bonchev–Trinajstić information content (AvgIpc) is 2.86. The number of aromatic nitrogens is 2. The Morgan fingerprint density at radius 2 is 1.96 bits per heavy atom. The van der Waals surface area contributed by atoms with Crippen molar-refractivity contribution in [1.29, 1.82) is 0 Å². The number of aromatic amines is 1. The molecule has 28 heavy (non-hydrogen) atoms. The van der Waals surface area contributed by atoms with E-state index in [0.29, 0.717) is 17.2 Å². The third kappa shape index (κ3) is 3.53. The number of nitrogens with zero attached hydrogens (tertiary/aromatic N) is 2. The molecule has 2 N–H and O–H groups in total. The molecule has 0 saturated heterocycles. The second-order valence-electron chi connectivity index (χ2n) is 6.41. The van der Waals surface area contributed by atoms with Gasteiger partial charge in [0.25, 0.3) is 5.56 Å². The van der Waals surface area contributed by atoms with Crippen LogP contribution in [0, 0.1) is 4.77 Å². The van der Waals surface area contributed by atoms with Crippen LogP contribution in [0.3, 0.4) is 0 Å². The number of aliphatic imine (C=N–C) groups is 1. The summed E-state index contributed by atoms with van der Waals surface area (Å²) in [7, 11) is 1.60. The van der Waals surface area contributed by atoms with Gasteiger partial charge in [-0.3, -0.25) is 19.3 Å². The topological polar surface area (TPSA) is 70.4 Å². The fraction of sp³-hybridized carbons (Fsp3) is 0.150. The van der Waals surface area contributed by atoms with Gasteiger partial charge in [-0.1, -0.05) is 35.9 Å². The molecule has 0 amide bonds. The second-order valence-corrected chi connectivity index (χ2v) is 8.47. The molecule has 0 fully saturated rings. The van der Waals surface area contributed by atoms with Crippen LogP contribution in [0.4, 0.5) is 5.69 Å². The van der Waals surface area contributed by atoms with Gasteiger partial charge in [-0.05, 0) is 42.0 Å². The standard InChI is InChI=1S/C20H16ClN3O2S2/c1-24-19(26)17(18(25)23-20(24)27)14-10-16(11-6-8-12(21)9-7-11)28-15-5-3-2-4-13(15)22-14/h2-9,16,26H,10H2,1H3,(H,23,25,27)/t16-/m0/s1. The Bertz CT molecular complexity index is 1200. The number of aromatic hydroxyl groups is 1. The Morgan fingerprint density at radius 1 is 1.25 bits per heavy atom. The predicted molar refractivity (Wildman–Crippen MR) is 116 cm³/mol. The zero-order valence-electron chi connectivity index (χ0n) is 14.8. The summed E-state index contributed by atoms with van der Waals surface area (Å²) >= 11 is 12.8. The normalized spacial score (nSPS) is 16.2. The summed E-state index contributed by atoms with van der Waals surface area (Å²) in [5, 5.41) is 11.3. The van der Waals surface area contributed by atoms with Crippen LogP contribution in [0.15, 0.2) is 63.2 Å². The molecule has 1 aromatic heterocycles. The first-order valence-electron chi connectivity index (χ1n) is 8.55. The number of thioether (sulfide) groups is 1. The van der Waals surface area contributed by atoms with Crippen molar-refractivity contribution in [2.75, 3.05) is 0 Å². The third-order valence-electron chi connectivity index (χ3n) is 4.59. The molecule has 4 rings (SSSR count). The zero-order chi connectivity index (χ0) is 19.8. The van der Waals surface area contributed by atoms with Crippen LogP contribution < -0.4 is 5.56 Å². The molecule has 0 spiro atoms. The smallest absolute Gasteiger partial charge is 0.264 e. The number of para-hydroxylation sites is 1. The van der Waals surface area contributed by atoms with Gasteiger partial charge >= 0.3 is 0 Å². The molecule has 2 heterocycles. The van der Waals surface area contributed by atoms with E-state index in [2.05, 4.69) is 4.98 Å². The van der Waals surface area contributed by atoms with Crippen molar-refractivity contribution < 1.29 is 5.11 Å². The summed E-state index contributed by atoms with van der Waals surface area (Å²) in [6.45, 7) is 0. The van der Waals surface area contributed by atoms with Gasteiger partial charge < -0.3 is 5.11 Å². The minimum absolute atomic E-state index is 0.00644. The largest absolute Gasteiger partial charge is 0.494 e. The Balaban J connectivity index is 1.90. The van der Waals surface area contributed by atoms with Gasteiger partial charge in [-0.25, -0.2) is 0 Å². The summed E-state index contributed by atoms with van der Waals surface area (Å²) in [6.07, 6.45) is 0.467. The molecule has 8 heteroatoms. The van der Waals surface area contributed by atoms with Gasteiger partial charge in [0, 0.05) is 28.6 Å². The molecule has 2 aromatic carbocycles. The Morgan fingerprint density at radius 3 is 2.71 bits per heavy atom. The van der Waals surface area contributed by atoms with Crippen molar-refractivity contribution in [2.45, 2.75) is 16.6 Å². The maximum atomic E-state index is 12.6. The first kappa shape index (κ1) is 19.0. The number of H-pyrrole nitrogens is 1. The van der Waals surface area contributed by atoms with Crippen LogP contribution >= 0.6 is 35.6 Å². The lowest BCUT2D eigenvalue weighted by molar-refractivity contribution is 0.419. The van der Waals surface area contributed by atoms with E-state index in [1.807, 2.05) is 48.5 Å².